The van der Waals surface area contributed by atoms with Crippen LogP contribution in [0.1, 0.15) is 13.3 Å². The van der Waals surface area contributed by atoms with Crippen molar-refractivity contribution < 1.29 is 4.74 Å². The third-order valence-corrected chi connectivity index (χ3v) is 3.19. The molecule has 0 aromatic heterocycles. The molecule has 1 aliphatic rings. The number of hydrogen-bond acceptors (Lipinski definition) is 3. The van der Waals surface area contributed by atoms with Crippen molar-refractivity contribution in [2.45, 2.75) is 25.5 Å². The lowest BCUT2D eigenvalue weighted by atomic mass is 10.1. The highest BCUT2D eigenvalue weighted by Gasteiger charge is 2.27. The maximum Gasteiger partial charge on any atom is 0.124 e. The molecule has 0 aliphatic carbocycles. The van der Waals surface area contributed by atoms with Crippen LogP contribution in [0, 0.1) is 0 Å². The molecular weight excluding hydrogens is 236 g/mol. The summed E-state index contributed by atoms with van der Waals surface area (Å²) in [4.78, 5) is 2.37. The first kappa shape index (κ1) is 12.7. The van der Waals surface area contributed by atoms with E-state index in [1.165, 1.54) is 0 Å². The smallest absolute Gasteiger partial charge is 0.124 e. The number of nitrogens with two attached hydrogens (primary N) is 1. The van der Waals surface area contributed by atoms with Gasteiger partial charge in [-0.1, -0.05) is 11.6 Å². The van der Waals surface area contributed by atoms with E-state index in [-0.39, 0.29) is 6.04 Å². The highest BCUT2D eigenvalue weighted by Crippen LogP contribution is 2.20. The zero-order valence-electron chi connectivity index (χ0n) is 10.1. The van der Waals surface area contributed by atoms with Gasteiger partial charge in [0.15, 0.2) is 0 Å². The number of nitrogens with zero attached hydrogens (tertiary/aromatic N) is 1. The van der Waals surface area contributed by atoms with E-state index >= 15 is 0 Å². The van der Waals surface area contributed by atoms with E-state index in [0.29, 0.717) is 6.10 Å². The van der Waals surface area contributed by atoms with Gasteiger partial charge in [0, 0.05) is 24.2 Å². The van der Waals surface area contributed by atoms with Gasteiger partial charge in [0.1, 0.15) is 11.9 Å². The lowest BCUT2D eigenvalue weighted by Gasteiger charge is -2.39. The van der Waals surface area contributed by atoms with Crippen LogP contribution >= 0.6 is 11.6 Å². The summed E-state index contributed by atoms with van der Waals surface area (Å²) in [7, 11) is 0. The molecule has 2 rings (SSSR count). The van der Waals surface area contributed by atoms with Gasteiger partial charge in [-0.3, -0.25) is 4.90 Å². The Labute approximate surface area is 107 Å². The van der Waals surface area contributed by atoms with Crippen LogP contribution in [0.15, 0.2) is 24.3 Å². The van der Waals surface area contributed by atoms with Crippen LogP contribution in [0.3, 0.4) is 0 Å². The first-order valence-electron chi connectivity index (χ1n) is 6.03. The molecule has 0 spiro atoms. The number of ether oxygens (including phenoxy) is 1. The predicted octanol–water partition coefficient (Wildman–Crippen LogP) is 2.14. The highest BCUT2D eigenvalue weighted by atomic mass is 35.5. The molecule has 17 heavy (non-hydrogen) atoms. The molecule has 94 valence electrons. The summed E-state index contributed by atoms with van der Waals surface area (Å²) in [5, 5.41) is 0.740. The van der Waals surface area contributed by atoms with Crippen LogP contribution in [0.2, 0.25) is 5.02 Å². The largest absolute Gasteiger partial charge is 0.488 e. The molecule has 1 aliphatic heterocycles. The molecule has 1 unspecified atom stereocenters. The highest BCUT2D eigenvalue weighted by molar-refractivity contribution is 6.30. The third-order valence-electron chi connectivity index (χ3n) is 2.94. The van der Waals surface area contributed by atoms with E-state index in [4.69, 9.17) is 22.1 Å². The monoisotopic (exact) mass is 254 g/mol. The van der Waals surface area contributed by atoms with Crippen molar-refractivity contribution >= 4 is 11.6 Å². The van der Waals surface area contributed by atoms with Crippen LogP contribution in [-0.2, 0) is 0 Å². The summed E-state index contributed by atoms with van der Waals surface area (Å²) in [6.45, 7) is 5.10. The van der Waals surface area contributed by atoms with Gasteiger partial charge in [-0.25, -0.2) is 0 Å². The van der Waals surface area contributed by atoms with Crippen molar-refractivity contribution in [1.82, 2.24) is 4.90 Å². The average Bonchev–Trinajstić information content (AvgIpc) is 2.23. The molecule has 1 heterocycles. The van der Waals surface area contributed by atoms with Gasteiger partial charge < -0.3 is 10.5 Å². The lowest BCUT2D eigenvalue weighted by Crippen LogP contribution is -2.54. The number of halogens is 1. The quantitative estimate of drug-likeness (QED) is 0.875. The van der Waals surface area contributed by atoms with E-state index < -0.39 is 0 Å². The van der Waals surface area contributed by atoms with Gasteiger partial charge in [-0.15, -0.1) is 0 Å². The maximum atomic E-state index is 5.81. The minimum absolute atomic E-state index is 0.284. The SMILES string of the molecule is CC(N)CCN1CC(Oc2ccc(Cl)cc2)C1. The fraction of sp³-hybridized carbons (Fsp3) is 0.538. The Morgan fingerprint density at radius 2 is 2.06 bits per heavy atom. The molecule has 1 fully saturated rings. The number of benzene rings is 1. The molecule has 3 nitrogen and oxygen atoms in total. The molecule has 0 amide bonds. The number of rotatable bonds is 5. The van der Waals surface area contributed by atoms with E-state index in [9.17, 15) is 0 Å². The van der Waals surface area contributed by atoms with Crippen LogP contribution in [0.5, 0.6) is 5.75 Å². The zero-order chi connectivity index (χ0) is 12.3. The Morgan fingerprint density at radius 1 is 1.41 bits per heavy atom. The third kappa shape index (κ3) is 3.87. The van der Waals surface area contributed by atoms with Gasteiger partial charge in [0.05, 0.1) is 0 Å². The van der Waals surface area contributed by atoms with Crippen LogP contribution in [-0.4, -0.2) is 36.7 Å². The first-order valence-corrected chi connectivity index (χ1v) is 6.41. The summed E-state index contributed by atoms with van der Waals surface area (Å²) < 4.78 is 5.81. The molecular formula is C13H19ClN2O. The standard InChI is InChI=1S/C13H19ClN2O/c1-10(15)6-7-16-8-13(9-16)17-12-4-2-11(14)3-5-12/h2-5,10,13H,6-9,15H2,1H3. The Balaban J connectivity index is 1.68. The van der Waals surface area contributed by atoms with E-state index in [1.807, 2.05) is 31.2 Å². The molecule has 1 aromatic rings. The summed E-state index contributed by atoms with van der Waals surface area (Å²) in [6, 6.07) is 7.80. The Hall–Kier alpha value is -0.770. The van der Waals surface area contributed by atoms with Gasteiger partial charge in [-0.2, -0.15) is 0 Å². The van der Waals surface area contributed by atoms with Crippen LogP contribution in [0.25, 0.3) is 0 Å². The van der Waals surface area contributed by atoms with Crippen molar-refractivity contribution in [1.29, 1.82) is 0 Å². The molecule has 0 radical (unpaired) electrons. The second-order valence-corrected chi connectivity index (χ2v) is 5.16. The van der Waals surface area contributed by atoms with Gasteiger partial charge in [-0.05, 0) is 44.2 Å². The van der Waals surface area contributed by atoms with Crippen molar-refractivity contribution in [3.05, 3.63) is 29.3 Å². The average molecular weight is 255 g/mol. The minimum Gasteiger partial charge on any atom is -0.488 e. The van der Waals surface area contributed by atoms with Crippen molar-refractivity contribution in [3.63, 3.8) is 0 Å². The van der Waals surface area contributed by atoms with Crippen LogP contribution < -0.4 is 10.5 Å². The second-order valence-electron chi connectivity index (χ2n) is 4.72. The molecule has 1 saturated heterocycles. The molecule has 0 saturated carbocycles. The lowest BCUT2D eigenvalue weighted by molar-refractivity contribution is 0.0186. The van der Waals surface area contributed by atoms with Crippen molar-refractivity contribution in [2.24, 2.45) is 5.73 Å². The van der Waals surface area contributed by atoms with Crippen molar-refractivity contribution in [3.8, 4) is 5.75 Å². The predicted molar refractivity (Wildman–Crippen MR) is 70.6 cm³/mol. The number of likely N-dealkylation sites (tertiary alicyclic amines) is 1. The normalized spacial score (nSPS) is 18.8. The van der Waals surface area contributed by atoms with Gasteiger partial charge >= 0.3 is 0 Å². The Kier molecular flexibility index (Phi) is 4.26. The van der Waals surface area contributed by atoms with E-state index in [1.54, 1.807) is 0 Å². The van der Waals surface area contributed by atoms with Gasteiger partial charge in [0.2, 0.25) is 0 Å². The molecule has 4 heteroatoms. The number of hydrogen-bond donors (Lipinski definition) is 1. The summed E-state index contributed by atoms with van der Waals surface area (Å²) >= 11 is 5.81. The maximum absolute atomic E-state index is 5.81. The summed E-state index contributed by atoms with van der Waals surface area (Å²) in [5.41, 5.74) is 5.72. The Morgan fingerprint density at radius 3 is 2.65 bits per heavy atom. The molecule has 0 bridgehead atoms. The van der Waals surface area contributed by atoms with E-state index in [0.717, 1.165) is 36.8 Å². The minimum atomic E-state index is 0.284. The molecule has 1 atom stereocenters. The van der Waals surface area contributed by atoms with E-state index in [2.05, 4.69) is 4.90 Å². The topological polar surface area (TPSA) is 38.5 Å². The van der Waals surface area contributed by atoms with Gasteiger partial charge in [0.25, 0.3) is 0 Å². The Bertz CT molecular complexity index is 347. The fourth-order valence-corrected chi connectivity index (χ4v) is 2.00. The summed E-state index contributed by atoms with van der Waals surface area (Å²) in [6.07, 6.45) is 1.36. The van der Waals surface area contributed by atoms with Crippen molar-refractivity contribution in [2.75, 3.05) is 19.6 Å². The zero-order valence-corrected chi connectivity index (χ0v) is 10.9. The second kappa shape index (κ2) is 5.71. The fourth-order valence-electron chi connectivity index (χ4n) is 1.87. The molecule has 1 aromatic carbocycles. The van der Waals surface area contributed by atoms with Crippen LogP contribution in [0.4, 0.5) is 0 Å². The molecule has 2 N–H and O–H groups in total. The first-order chi connectivity index (χ1) is 8.13. The summed E-state index contributed by atoms with van der Waals surface area (Å²) in [5.74, 6) is 0.895.